The Balaban J connectivity index is 2.04. The van der Waals surface area contributed by atoms with Gasteiger partial charge in [-0.1, -0.05) is 36.2 Å². The van der Waals surface area contributed by atoms with Crippen molar-refractivity contribution in [1.29, 1.82) is 5.26 Å². The Morgan fingerprint density at radius 3 is 2.62 bits per heavy atom. The first-order valence-corrected chi connectivity index (χ1v) is 7.89. The van der Waals surface area contributed by atoms with E-state index in [0.29, 0.717) is 22.4 Å². The summed E-state index contributed by atoms with van der Waals surface area (Å²) in [5.74, 6) is -0.0734. The molecule has 1 aromatic rings. The van der Waals surface area contributed by atoms with Crippen molar-refractivity contribution in [2.24, 2.45) is 11.8 Å². The maximum Gasteiger partial charge on any atom is 0.240 e. The lowest BCUT2D eigenvalue weighted by molar-refractivity contribution is -0.135. The summed E-state index contributed by atoms with van der Waals surface area (Å²) in [4.78, 5) is 14.2. The smallest absolute Gasteiger partial charge is 0.240 e. The van der Waals surface area contributed by atoms with Gasteiger partial charge in [-0.2, -0.15) is 5.26 Å². The van der Waals surface area contributed by atoms with E-state index >= 15 is 0 Å². The van der Waals surface area contributed by atoms with Crippen LogP contribution in [0.4, 0.5) is 0 Å². The zero-order chi connectivity index (χ0) is 15.4. The second-order valence-corrected chi connectivity index (χ2v) is 6.46. The van der Waals surface area contributed by atoms with E-state index in [2.05, 4.69) is 13.0 Å². The molecule has 1 unspecified atom stereocenters. The summed E-state index contributed by atoms with van der Waals surface area (Å²) in [5, 5.41) is 10.2. The van der Waals surface area contributed by atoms with Gasteiger partial charge in [0, 0.05) is 13.1 Å². The van der Waals surface area contributed by atoms with E-state index in [1.807, 2.05) is 11.0 Å². The van der Waals surface area contributed by atoms with Gasteiger partial charge in [0.1, 0.15) is 5.92 Å². The average Bonchev–Trinajstić information content (AvgIpc) is 2.48. The number of nitriles is 1. The molecule has 5 heteroatoms. The summed E-state index contributed by atoms with van der Waals surface area (Å²) in [7, 11) is 0. The molecule has 0 N–H and O–H groups in total. The molecule has 1 aliphatic heterocycles. The van der Waals surface area contributed by atoms with E-state index < -0.39 is 5.92 Å². The number of amides is 1. The van der Waals surface area contributed by atoms with Gasteiger partial charge in [-0.15, -0.1) is 0 Å². The molecule has 112 valence electrons. The SMILES string of the molecule is CC1CCN(C(=O)C(C#N)Cc2ccc(Cl)c(Cl)c2)CC1. The van der Waals surface area contributed by atoms with Gasteiger partial charge in [0.05, 0.1) is 16.1 Å². The number of rotatable bonds is 3. The monoisotopic (exact) mass is 324 g/mol. The van der Waals surface area contributed by atoms with Crippen LogP contribution in [0.1, 0.15) is 25.3 Å². The summed E-state index contributed by atoms with van der Waals surface area (Å²) in [6, 6.07) is 7.35. The van der Waals surface area contributed by atoms with Crippen LogP contribution in [-0.2, 0) is 11.2 Å². The highest BCUT2D eigenvalue weighted by atomic mass is 35.5. The van der Waals surface area contributed by atoms with Crippen molar-refractivity contribution in [2.45, 2.75) is 26.2 Å². The summed E-state index contributed by atoms with van der Waals surface area (Å²) < 4.78 is 0. The standard InChI is InChI=1S/C16H18Cl2N2O/c1-11-4-6-20(7-5-11)16(21)13(10-19)8-12-2-3-14(17)15(18)9-12/h2-3,9,11,13H,4-8H2,1H3. The molecule has 1 saturated heterocycles. The largest absolute Gasteiger partial charge is 0.342 e. The van der Waals surface area contributed by atoms with Crippen LogP contribution in [0.25, 0.3) is 0 Å². The minimum atomic E-state index is -0.657. The fourth-order valence-corrected chi connectivity index (χ4v) is 2.86. The predicted octanol–water partition coefficient (Wildman–Crippen LogP) is 3.93. The highest BCUT2D eigenvalue weighted by Crippen LogP contribution is 2.25. The molecule has 1 aromatic carbocycles. The van der Waals surface area contributed by atoms with Crippen LogP contribution in [0, 0.1) is 23.2 Å². The lowest BCUT2D eigenvalue weighted by Crippen LogP contribution is -2.41. The van der Waals surface area contributed by atoms with E-state index in [1.165, 1.54) is 0 Å². The Morgan fingerprint density at radius 1 is 1.38 bits per heavy atom. The second-order valence-electron chi connectivity index (χ2n) is 5.64. The van der Waals surface area contributed by atoms with Gasteiger partial charge in [-0.3, -0.25) is 4.79 Å². The Morgan fingerprint density at radius 2 is 2.05 bits per heavy atom. The highest BCUT2D eigenvalue weighted by molar-refractivity contribution is 6.42. The predicted molar refractivity (Wildman–Crippen MR) is 84.2 cm³/mol. The van der Waals surface area contributed by atoms with Crippen molar-refractivity contribution in [3.05, 3.63) is 33.8 Å². The second kappa shape index (κ2) is 7.15. The third kappa shape index (κ3) is 4.12. The summed E-state index contributed by atoms with van der Waals surface area (Å²) in [5.41, 5.74) is 0.856. The molecular weight excluding hydrogens is 307 g/mol. The highest BCUT2D eigenvalue weighted by Gasteiger charge is 2.27. The first-order chi connectivity index (χ1) is 10.0. The maximum absolute atomic E-state index is 12.4. The number of piperidine rings is 1. The van der Waals surface area contributed by atoms with Gasteiger partial charge in [-0.05, 0) is 42.9 Å². The molecular formula is C16H18Cl2N2O. The van der Waals surface area contributed by atoms with Crippen molar-refractivity contribution in [2.75, 3.05) is 13.1 Å². The maximum atomic E-state index is 12.4. The fraction of sp³-hybridized carbons (Fsp3) is 0.500. The fourth-order valence-electron chi connectivity index (χ4n) is 2.54. The number of hydrogen-bond acceptors (Lipinski definition) is 2. The van der Waals surface area contributed by atoms with E-state index in [1.54, 1.807) is 12.1 Å². The molecule has 1 heterocycles. The minimum Gasteiger partial charge on any atom is -0.342 e. The Kier molecular flexibility index (Phi) is 5.50. The molecule has 0 spiro atoms. The van der Waals surface area contributed by atoms with Crippen molar-refractivity contribution >= 4 is 29.1 Å². The molecule has 1 amide bonds. The van der Waals surface area contributed by atoms with Gasteiger partial charge >= 0.3 is 0 Å². The number of nitrogens with zero attached hydrogens (tertiary/aromatic N) is 2. The quantitative estimate of drug-likeness (QED) is 0.845. The number of halogens is 2. The van der Waals surface area contributed by atoms with Gasteiger partial charge in [0.25, 0.3) is 0 Å². The molecule has 0 radical (unpaired) electrons. The number of carbonyl (C=O) groups excluding carboxylic acids is 1. The van der Waals surface area contributed by atoms with Crippen LogP contribution in [0.2, 0.25) is 10.0 Å². The van der Waals surface area contributed by atoms with Gasteiger partial charge in [0.15, 0.2) is 0 Å². The molecule has 1 fully saturated rings. The van der Waals surface area contributed by atoms with Crippen LogP contribution in [0.5, 0.6) is 0 Å². The van der Waals surface area contributed by atoms with Gasteiger partial charge < -0.3 is 4.90 Å². The molecule has 0 aromatic heterocycles. The lowest BCUT2D eigenvalue weighted by Gasteiger charge is -2.31. The Bertz CT molecular complexity index is 560. The van der Waals surface area contributed by atoms with E-state index in [-0.39, 0.29) is 5.91 Å². The van der Waals surface area contributed by atoms with Crippen LogP contribution in [0.15, 0.2) is 18.2 Å². The van der Waals surface area contributed by atoms with Gasteiger partial charge in [-0.25, -0.2) is 0 Å². The Hall–Kier alpha value is -1.24. The topological polar surface area (TPSA) is 44.1 Å². The van der Waals surface area contributed by atoms with Crippen LogP contribution < -0.4 is 0 Å². The molecule has 1 atom stereocenters. The van der Waals surface area contributed by atoms with E-state index in [0.717, 1.165) is 31.5 Å². The van der Waals surface area contributed by atoms with Crippen LogP contribution >= 0.6 is 23.2 Å². The third-order valence-electron chi connectivity index (χ3n) is 3.97. The first kappa shape index (κ1) is 16.1. The zero-order valence-corrected chi connectivity index (χ0v) is 13.5. The number of likely N-dealkylation sites (tertiary alicyclic amines) is 1. The Labute approximate surface area is 135 Å². The van der Waals surface area contributed by atoms with E-state index in [9.17, 15) is 10.1 Å². The molecule has 2 rings (SSSR count). The lowest BCUT2D eigenvalue weighted by atomic mass is 9.95. The van der Waals surface area contributed by atoms with Crippen molar-refractivity contribution in [3.63, 3.8) is 0 Å². The van der Waals surface area contributed by atoms with Gasteiger partial charge in [0.2, 0.25) is 5.91 Å². The van der Waals surface area contributed by atoms with Crippen molar-refractivity contribution < 1.29 is 4.79 Å². The normalized spacial score (nSPS) is 17.3. The summed E-state index contributed by atoms with van der Waals surface area (Å²) in [6.45, 7) is 3.69. The molecule has 0 aliphatic carbocycles. The number of carbonyl (C=O) groups is 1. The molecule has 0 bridgehead atoms. The number of benzene rings is 1. The van der Waals surface area contributed by atoms with Crippen LogP contribution in [-0.4, -0.2) is 23.9 Å². The van der Waals surface area contributed by atoms with E-state index in [4.69, 9.17) is 23.2 Å². The third-order valence-corrected chi connectivity index (χ3v) is 4.71. The molecule has 3 nitrogen and oxygen atoms in total. The van der Waals surface area contributed by atoms with Crippen molar-refractivity contribution in [1.82, 2.24) is 4.90 Å². The average molecular weight is 325 g/mol. The minimum absolute atomic E-state index is 0.0736. The molecule has 21 heavy (non-hydrogen) atoms. The zero-order valence-electron chi connectivity index (χ0n) is 12.0. The molecule has 1 aliphatic rings. The number of hydrogen-bond donors (Lipinski definition) is 0. The van der Waals surface area contributed by atoms with Crippen molar-refractivity contribution in [3.8, 4) is 6.07 Å². The first-order valence-electron chi connectivity index (χ1n) is 7.13. The molecule has 0 saturated carbocycles. The van der Waals surface area contributed by atoms with Crippen LogP contribution in [0.3, 0.4) is 0 Å². The summed E-state index contributed by atoms with van der Waals surface area (Å²) >= 11 is 11.9. The summed E-state index contributed by atoms with van der Waals surface area (Å²) in [6.07, 6.45) is 2.39.